The van der Waals surface area contributed by atoms with Gasteiger partial charge in [-0.05, 0) is 41.7 Å². The maximum Gasteiger partial charge on any atom is 2.00 e. The van der Waals surface area contributed by atoms with E-state index in [1.165, 1.54) is 13.8 Å². The molecule has 0 spiro atoms. The molecular weight excluding hydrogens is 836 g/mol. The molecule has 57 heavy (non-hydrogen) atoms. The van der Waals surface area contributed by atoms with Crippen LogP contribution >= 0.6 is 34.8 Å². The van der Waals surface area contributed by atoms with Gasteiger partial charge in [0.1, 0.15) is 23.3 Å². The van der Waals surface area contributed by atoms with Gasteiger partial charge in [-0.15, -0.1) is 0 Å². The maximum absolute atomic E-state index is 12.0. The fourth-order valence-corrected chi connectivity index (χ4v) is 7.81. The van der Waals surface area contributed by atoms with Gasteiger partial charge in [0.2, 0.25) is 0 Å². The van der Waals surface area contributed by atoms with Crippen molar-refractivity contribution in [1.82, 2.24) is 34.9 Å². The van der Waals surface area contributed by atoms with Crippen LogP contribution in [0.1, 0.15) is 40.2 Å². The second-order valence-electron chi connectivity index (χ2n) is 15.5. The SMILES string of the molecule is C[n+]1c2nc3[n-]c(nc4nc(nc5[n-]c(nc1-c1ccccc1-2)c1c(Cl)c(OCC(C)(C)C(=O)O)c(Cl)c(Cl)c51)-c1ccccc1-4)c1ccc(C(C)(C)C)cc31.[Zn+2]. The molecule has 280 valence electrons. The Morgan fingerprint density at radius 2 is 1.19 bits per heavy atom. The zero-order valence-electron chi connectivity index (χ0n) is 31.7. The van der Waals surface area contributed by atoms with Gasteiger partial charge in [0.15, 0.2) is 5.75 Å². The van der Waals surface area contributed by atoms with Crippen LogP contribution in [0.5, 0.6) is 5.75 Å². The summed E-state index contributed by atoms with van der Waals surface area (Å²) in [6.07, 6.45) is 0. The predicted octanol–water partition coefficient (Wildman–Crippen LogP) is 9.30. The summed E-state index contributed by atoms with van der Waals surface area (Å²) in [5, 5.41) is 12.2. The molecule has 1 N–H and O–H groups in total. The van der Waals surface area contributed by atoms with Crippen LogP contribution < -0.4 is 19.3 Å². The van der Waals surface area contributed by atoms with E-state index in [4.69, 9.17) is 74.4 Å². The number of hydrogen-bond donors (Lipinski definition) is 1. The van der Waals surface area contributed by atoms with Gasteiger partial charge in [-0.1, -0.05) is 116 Å². The third kappa shape index (κ3) is 6.25. The van der Waals surface area contributed by atoms with Crippen LogP contribution in [0.15, 0.2) is 66.7 Å². The number of hydrogen-bond acceptors (Lipinski definition) is 7. The number of carboxylic acids is 1. The largest absolute Gasteiger partial charge is 2.00 e. The van der Waals surface area contributed by atoms with E-state index in [1.807, 2.05) is 66.2 Å². The zero-order chi connectivity index (χ0) is 39.4. The van der Waals surface area contributed by atoms with Gasteiger partial charge in [-0.2, -0.15) is 0 Å². The summed E-state index contributed by atoms with van der Waals surface area (Å²) < 4.78 is 7.91. The Bertz CT molecular complexity index is 3050. The molecule has 0 radical (unpaired) electrons. The molecule has 4 aromatic carbocycles. The summed E-state index contributed by atoms with van der Waals surface area (Å²) in [5.74, 6) is 0.858. The van der Waals surface area contributed by atoms with Gasteiger partial charge in [0.05, 0.1) is 34.2 Å². The van der Waals surface area contributed by atoms with Crippen LogP contribution in [-0.4, -0.2) is 42.6 Å². The molecule has 15 heteroatoms. The number of benzene rings is 4. The number of ether oxygens (including phenoxy) is 1. The monoisotopic (exact) mass is 865 g/mol. The zero-order valence-corrected chi connectivity index (χ0v) is 37.0. The number of fused-ring (bicyclic) bond motifs is 20. The van der Waals surface area contributed by atoms with E-state index < -0.39 is 11.4 Å². The van der Waals surface area contributed by atoms with Gasteiger partial charge < -0.3 is 39.7 Å². The minimum absolute atomic E-state index is 0. The number of aromatic nitrogens is 8. The Morgan fingerprint density at radius 3 is 1.79 bits per heavy atom. The molecule has 7 aromatic rings. The van der Waals surface area contributed by atoms with E-state index in [2.05, 4.69) is 32.9 Å². The van der Waals surface area contributed by atoms with Crippen molar-refractivity contribution in [3.8, 4) is 51.3 Å². The fraction of sp³-hybridized carbons (Fsp3) is 0.214. The van der Waals surface area contributed by atoms with Gasteiger partial charge in [-0.25, -0.2) is 4.98 Å². The summed E-state index contributed by atoms with van der Waals surface area (Å²) in [6, 6.07) is 21.8. The van der Waals surface area contributed by atoms with E-state index >= 15 is 0 Å². The Morgan fingerprint density at radius 1 is 0.684 bits per heavy atom. The van der Waals surface area contributed by atoms with Crippen molar-refractivity contribution in [3.05, 3.63) is 87.4 Å². The van der Waals surface area contributed by atoms with Gasteiger partial charge in [0, 0.05) is 55.6 Å². The van der Waals surface area contributed by atoms with Crippen LogP contribution in [0.3, 0.4) is 0 Å². The first-order chi connectivity index (χ1) is 26.6. The molecule has 5 heterocycles. The second kappa shape index (κ2) is 13.8. The summed E-state index contributed by atoms with van der Waals surface area (Å²) in [6.45, 7) is 9.34. The van der Waals surface area contributed by atoms with Gasteiger partial charge in [-0.3, -0.25) is 9.36 Å². The molecule has 2 aliphatic heterocycles. The number of rotatable bonds is 4. The van der Waals surface area contributed by atoms with E-state index in [0.29, 0.717) is 45.4 Å². The van der Waals surface area contributed by atoms with Gasteiger partial charge >= 0.3 is 25.4 Å². The summed E-state index contributed by atoms with van der Waals surface area (Å²) in [5.41, 5.74) is 4.19. The van der Waals surface area contributed by atoms with Crippen molar-refractivity contribution in [2.24, 2.45) is 12.5 Å². The van der Waals surface area contributed by atoms with E-state index in [9.17, 15) is 9.90 Å². The first-order valence-electron chi connectivity index (χ1n) is 17.8. The molecule has 8 bridgehead atoms. The molecule has 0 unspecified atom stereocenters. The number of carbonyl (C=O) groups is 1. The Balaban J connectivity index is 0.00000455. The minimum atomic E-state index is -1.26. The summed E-state index contributed by atoms with van der Waals surface area (Å²) in [7, 11) is 1.88. The molecule has 11 nitrogen and oxygen atoms in total. The Hall–Kier alpha value is -5.00. The summed E-state index contributed by atoms with van der Waals surface area (Å²) in [4.78, 5) is 47.3. The van der Waals surface area contributed by atoms with E-state index in [-0.39, 0.29) is 63.6 Å². The smallest absolute Gasteiger partial charge is 0.489 e. The van der Waals surface area contributed by atoms with Crippen molar-refractivity contribution in [2.75, 3.05) is 6.61 Å². The molecule has 9 rings (SSSR count). The first-order valence-corrected chi connectivity index (χ1v) is 18.9. The third-order valence-corrected chi connectivity index (χ3v) is 11.4. The number of halogens is 3. The quantitative estimate of drug-likeness (QED) is 0.103. The van der Waals surface area contributed by atoms with Crippen molar-refractivity contribution in [2.45, 2.75) is 40.0 Å². The molecular formula is C42H32Cl3N8O3Zn+. The molecule has 3 aromatic heterocycles. The maximum atomic E-state index is 12.0. The topological polar surface area (TPSA) is 143 Å². The van der Waals surface area contributed by atoms with Crippen molar-refractivity contribution in [1.29, 1.82) is 0 Å². The molecule has 0 amide bonds. The molecule has 0 atom stereocenters. The fourth-order valence-electron chi connectivity index (χ4n) is 6.93. The van der Waals surface area contributed by atoms with Crippen LogP contribution in [0, 0.1) is 5.41 Å². The standard InChI is InChI=1S/C42H33Cl3N8O3.Zn/c1-41(2,3)19-15-16-22-25(17-19)35-48-34(22)47-32-20-11-7-8-12-21(20)33(46-32)49-36-26-27(29(44)31(30(45)28(26)43)56-18-42(4,5)40(54)55)37(50-36)52-39-24-14-10-9-13-23(24)38(51-35)53(39)6;/h7-17H,18H2,1-6H3,(H2,46,47,48,49,50,51,52,54,55);/q;+2/p-1. The van der Waals surface area contributed by atoms with Crippen LogP contribution in [0.25, 0.3) is 89.7 Å². The van der Waals surface area contributed by atoms with Crippen LogP contribution in [0.4, 0.5) is 0 Å². The van der Waals surface area contributed by atoms with Crippen LogP contribution in [-0.2, 0) is 36.7 Å². The first kappa shape index (κ1) is 38.9. The van der Waals surface area contributed by atoms with Crippen molar-refractivity contribution in [3.63, 3.8) is 0 Å². The van der Waals surface area contributed by atoms with E-state index in [0.717, 1.165) is 38.6 Å². The molecule has 2 aliphatic rings. The average molecular weight is 869 g/mol. The second-order valence-corrected chi connectivity index (χ2v) is 16.7. The van der Waals surface area contributed by atoms with Crippen molar-refractivity contribution >= 4 is 84.9 Å². The number of carboxylic acid groups (broad SMARTS) is 1. The number of nitrogens with zero attached hydrogens (tertiary/aromatic N) is 8. The molecule has 0 aliphatic carbocycles. The van der Waals surface area contributed by atoms with E-state index in [1.54, 1.807) is 0 Å². The van der Waals surface area contributed by atoms with Crippen molar-refractivity contribution < 1.29 is 38.7 Å². The number of aliphatic carboxylic acids is 1. The normalized spacial score (nSPS) is 12.4. The minimum Gasteiger partial charge on any atom is -0.489 e. The third-order valence-electron chi connectivity index (χ3n) is 10.2. The molecule has 0 saturated heterocycles. The molecule has 0 fully saturated rings. The Kier molecular flexibility index (Phi) is 9.43. The van der Waals surface area contributed by atoms with Crippen LogP contribution in [0.2, 0.25) is 15.1 Å². The summed E-state index contributed by atoms with van der Waals surface area (Å²) >= 11 is 21.1. The molecule has 0 saturated carbocycles. The predicted molar refractivity (Wildman–Crippen MR) is 218 cm³/mol. The average Bonchev–Trinajstić information content (AvgIpc) is 3.88. The Labute approximate surface area is 354 Å². The van der Waals surface area contributed by atoms with Gasteiger partial charge in [0.25, 0.3) is 0 Å².